The molecule has 0 spiro atoms. The third-order valence-electron chi connectivity index (χ3n) is 3.99. The Morgan fingerprint density at radius 3 is 2.36 bits per heavy atom. The van der Waals surface area contributed by atoms with E-state index in [1.165, 1.54) is 39.3 Å². The van der Waals surface area contributed by atoms with Crippen LogP contribution < -0.4 is 14.4 Å². The zero-order valence-electron chi connectivity index (χ0n) is 16.0. The molecule has 0 saturated heterocycles. The van der Waals surface area contributed by atoms with E-state index in [1.807, 2.05) is 0 Å². The highest BCUT2D eigenvalue weighted by Gasteiger charge is 2.30. The molecular formula is C19H22N2O6S. The van der Waals surface area contributed by atoms with Crippen molar-refractivity contribution in [2.45, 2.75) is 13.0 Å². The lowest BCUT2D eigenvalue weighted by atomic mass is 10.1. The molecule has 2 aromatic rings. The minimum absolute atomic E-state index is 0.165. The highest BCUT2D eigenvalue weighted by molar-refractivity contribution is 7.92. The maximum Gasteiger partial charge on any atom is 0.339 e. The third kappa shape index (κ3) is 4.80. The first-order valence-corrected chi connectivity index (χ1v) is 10.2. The number of sulfonamides is 1. The molecule has 8 nitrogen and oxygen atoms in total. The predicted molar refractivity (Wildman–Crippen MR) is 106 cm³/mol. The summed E-state index contributed by atoms with van der Waals surface area (Å²) in [6.45, 7) is 1.45. The molecule has 1 atom stereocenters. The molecule has 1 amide bonds. The number of hydrogen-bond donors (Lipinski definition) is 1. The lowest BCUT2D eigenvalue weighted by Crippen LogP contribution is -2.45. The van der Waals surface area contributed by atoms with Gasteiger partial charge in [-0.2, -0.15) is 0 Å². The zero-order valence-corrected chi connectivity index (χ0v) is 16.8. The van der Waals surface area contributed by atoms with Crippen molar-refractivity contribution in [3.05, 3.63) is 54.1 Å². The first kappa shape index (κ1) is 21.2. The number of anilines is 2. The Balaban J connectivity index is 2.37. The summed E-state index contributed by atoms with van der Waals surface area (Å²) in [5, 5.41) is 2.60. The highest BCUT2D eigenvalue weighted by atomic mass is 32.2. The van der Waals surface area contributed by atoms with Gasteiger partial charge in [-0.15, -0.1) is 0 Å². The Morgan fingerprint density at radius 1 is 1.07 bits per heavy atom. The quantitative estimate of drug-likeness (QED) is 0.708. The van der Waals surface area contributed by atoms with E-state index in [-0.39, 0.29) is 16.9 Å². The number of amides is 1. The van der Waals surface area contributed by atoms with Crippen LogP contribution in [0.1, 0.15) is 17.3 Å². The number of rotatable bonds is 7. The van der Waals surface area contributed by atoms with Crippen molar-refractivity contribution in [3.63, 3.8) is 0 Å². The summed E-state index contributed by atoms with van der Waals surface area (Å²) >= 11 is 0. The van der Waals surface area contributed by atoms with Crippen LogP contribution in [0, 0.1) is 0 Å². The summed E-state index contributed by atoms with van der Waals surface area (Å²) in [5.41, 5.74) is 0.675. The molecule has 9 heteroatoms. The molecule has 0 radical (unpaired) electrons. The number of carbonyl (C=O) groups is 2. The molecule has 0 aliphatic rings. The number of hydrogen-bond acceptors (Lipinski definition) is 6. The lowest BCUT2D eigenvalue weighted by Gasteiger charge is -2.28. The van der Waals surface area contributed by atoms with Gasteiger partial charge in [0.15, 0.2) is 0 Å². The predicted octanol–water partition coefficient (Wildman–Crippen LogP) is 2.28. The van der Waals surface area contributed by atoms with Crippen molar-refractivity contribution in [3.8, 4) is 5.75 Å². The summed E-state index contributed by atoms with van der Waals surface area (Å²) in [4.78, 5) is 24.7. The van der Waals surface area contributed by atoms with Gasteiger partial charge in [0.2, 0.25) is 15.9 Å². The van der Waals surface area contributed by atoms with Gasteiger partial charge in [-0.3, -0.25) is 9.10 Å². The summed E-state index contributed by atoms with van der Waals surface area (Å²) in [7, 11) is -1.09. The monoisotopic (exact) mass is 406 g/mol. The summed E-state index contributed by atoms with van der Waals surface area (Å²) in [5.74, 6) is -0.768. The van der Waals surface area contributed by atoms with E-state index in [0.717, 1.165) is 10.6 Å². The van der Waals surface area contributed by atoms with Crippen molar-refractivity contribution in [1.82, 2.24) is 0 Å². The Hall–Kier alpha value is -3.07. The Morgan fingerprint density at radius 2 is 1.75 bits per heavy atom. The fourth-order valence-electron chi connectivity index (χ4n) is 2.67. The minimum atomic E-state index is -3.79. The van der Waals surface area contributed by atoms with Gasteiger partial charge in [-0.25, -0.2) is 13.2 Å². The van der Waals surface area contributed by atoms with Gasteiger partial charge in [0.05, 0.1) is 37.4 Å². The maximum atomic E-state index is 12.8. The molecule has 0 aliphatic carbocycles. The van der Waals surface area contributed by atoms with Gasteiger partial charge in [0, 0.05) is 6.07 Å². The fourth-order valence-corrected chi connectivity index (χ4v) is 3.84. The molecule has 0 heterocycles. The number of nitrogens with one attached hydrogen (secondary N) is 1. The van der Waals surface area contributed by atoms with Crippen LogP contribution in [0.5, 0.6) is 5.75 Å². The van der Waals surface area contributed by atoms with Crippen LogP contribution in [0.3, 0.4) is 0 Å². The van der Waals surface area contributed by atoms with Crippen molar-refractivity contribution >= 4 is 33.3 Å². The number of carbonyl (C=O) groups excluding carboxylic acids is 2. The standard InChI is InChI=1S/C19H22N2O6S/c1-13(18(22)20-17-11-6-5-10-16(17)19(23)27-3)21(28(4,24)25)14-8-7-9-15(12-14)26-2/h5-13H,1-4H3,(H,20,22)/t13-/m0/s1. The third-order valence-corrected chi connectivity index (χ3v) is 5.23. The van der Waals surface area contributed by atoms with Gasteiger partial charge >= 0.3 is 5.97 Å². The molecule has 0 unspecified atom stereocenters. The first-order valence-electron chi connectivity index (χ1n) is 8.30. The Labute approximate surface area is 164 Å². The number of ether oxygens (including phenoxy) is 2. The van der Waals surface area contributed by atoms with Gasteiger partial charge < -0.3 is 14.8 Å². The van der Waals surface area contributed by atoms with E-state index in [0.29, 0.717) is 5.75 Å². The van der Waals surface area contributed by atoms with Crippen molar-refractivity contribution in [2.75, 3.05) is 30.1 Å². The van der Waals surface area contributed by atoms with Gasteiger partial charge in [-0.1, -0.05) is 18.2 Å². The molecule has 150 valence electrons. The summed E-state index contributed by atoms with van der Waals surface area (Å²) in [6.07, 6.45) is 1.01. The van der Waals surface area contributed by atoms with Gasteiger partial charge in [-0.05, 0) is 31.2 Å². The van der Waals surface area contributed by atoms with E-state index >= 15 is 0 Å². The second kappa shape index (κ2) is 8.75. The second-order valence-electron chi connectivity index (χ2n) is 5.96. The van der Waals surface area contributed by atoms with Crippen LogP contribution in [-0.4, -0.2) is 46.8 Å². The van der Waals surface area contributed by atoms with Crippen molar-refractivity contribution in [1.29, 1.82) is 0 Å². The molecule has 28 heavy (non-hydrogen) atoms. The molecule has 0 aliphatic heterocycles. The summed E-state index contributed by atoms with van der Waals surface area (Å²) in [6, 6.07) is 11.6. The average Bonchev–Trinajstić information content (AvgIpc) is 2.66. The molecule has 0 fully saturated rings. The Kier molecular flexibility index (Phi) is 6.63. The maximum absolute atomic E-state index is 12.8. The largest absolute Gasteiger partial charge is 0.497 e. The molecule has 0 aromatic heterocycles. The number of esters is 1. The van der Waals surface area contributed by atoms with Crippen LogP contribution >= 0.6 is 0 Å². The summed E-state index contributed by atoms with van der Waals surface area (Å²) < 4.78 is 35.6. The molecular weight excluding hydrogens is 384 g/mol. The van der Waals surface area contributed by atoms with Gasteiger partial charge in [0.1, 0.15) is 11.8 Å². The van der Waals surface area contributed by atoms with Crippen LogP contribution in [0.25, 0.3) is 0 Å². The van der Waals surface area contributed by atoms with Gasteiger partial charge in [0.25, 0.3) is 0 Å². The smallest absolute Gasteiger partial charge is 0.339 e. The molecule has 2 aromatic carbocycles. The second-order valence-corrected chi connectivity index (χ2v) is 7.82. The zero-order chi connectivity index (χ0) is 20.9. The fraction of sp³-hybridized carbons (Fsp3) is 0.263. The first-order chi connectivity index (χ1) is 13.2. The highest BCUT2D eigenvalue weighted by Crippen LogP contribution is 2.26. The SMILES string of the molecule is COC(=O)c1ccccc1NC(=O)[C@H](C)N(c1cccc(OC)c1)S(C)(=O)=O. The van der Waals surface area contributed by atoms with Crippen LogP contribution in [0.2, 0.25) is 0 Å². The number of para-hydroxylation sites is 1. The molecule has 0 saturated carbocycles. The van der Waals surface area contributed by atoms with E-state index in [9.17, 15) is 18.0 Å². The average molecular weight is 406 g/mol. The van der Waals surface area contributed by atoms with Crippen LogP contribution in [0.15, 0.2) is 48.5 Å². The van der Waals surface area contributed by atoms with E-state index in [2.05, 4.69) is 5.32 Å². The number of nitrogens with zero attached hydrogens (tertiary/aromatic N) is 1. The Bertz CT molecular complexity index is 974. The molecule has 0 bridgehead atoms. The number of methoxy groups -OCH3 is 2. The van der Waals surface area contributed by atoms with E-state index in [1.54, 1.807) is 30.3 Å². The topological polar surface area (TPSA) is 102 Å². The lowest BCUT2D eigenvalue weighted by molar-refractivity contribution is -0.116. The van der Waals surface area contributed by atoms with Crippen molar-refractivity contribution < 1.29 is 27.5 Å². The number of benzene rings is 2. The van der Waals surface area contributed by atoms with E-state index in [4.69, 9.17) is 9.47 Å². The van der Waals surface area contributed by atoms with Crippen LogP contribution in [-0.2, 0) is 19.6 Å². The van der Waals surface area contributed by atoms with Crippen LogP contribution in [0.4, 0.5) is 11.4 Å². The normalized spacial score (nSPS) is 12.0. The van der Waals surface area contributed by atoms with E-state index < -0.39 is 27.9 Å². The molecule has 1 N–H and O–H groups in total. The molecule has 2 rings (SSSR count). The van der Waals surface area contributed by atoms with Crippen molar-refractivity contribution in [2.24, 2.45) is 0 Å². The minimum Gasteiger partial charge on any atom is -0.497 e.